The van der Waals surface area contributed by atoms with E-state index in [2.05, 4.69) is 25.7 Å². The number of halogens is 1. The van der Waals surface area contributed by atoms with Crippen LogP contribution < -0.4 is 4.90 Å². The molecule has 0 amide bonds. The summed E-state index contributed by atoms with van der Waals surface area (Å²) < 4.78 is 0.961. The predicted octanol–water partition coefficient (Wildman–Crippen LogP) is 3.52. The molecule has 168 valence electrons. The first-order valence-electron chi connectivity index (χ1n) is 10.5. The Morgan fingerprint density at radius 2 is 1.59 bits per heavy atom. The highest BCUT2D eigenvalue weighted by Crippen LogP contribution is 2.27. The van der Waals surface area contributed by atoms with E-state index < -0.39 is 0 Å². The molecule has 0 bridgehead atoms. The highest BCUT2D eigenvalue weighted by molar-refractivity contribution is 9.10. The zero-order valence-corrected chi connectivity index (χ0v) is 19.4. The van der Waals surface area contributed by atoms with Crippen molar-refractivity contribution in [2.24, 2.45) is 0 Å². The van der Waals surface area contributed by atoms with Crippen LogP contribution in [0.2, 0.25) is 0 Å². The van der Waals surface area contributed by atoms with Crippen molar-refractivity contribution in [2.45, 2.75) is 6.42 Å². The summed E-state index contributed by atoms with van der Waals surface area (Å²) >= 11 is 3.53. The van der Waals surface area contributed by atoms with Gasteiger partial charge in [0.05, 0.1) is 13.0 Å². The second kappa shape index (κ2) is 11.8. The molecule has 2 aromatic carbocycles. The smallest absolute Gasteiger partial charge is 0.163 e. The van der Waals surface area contributed by atoms with Gasteiger partial charge in [0.2, 0.25) is 0 Å². The van der Waals surface area contributed by atoms with Crippen molar-refractivity contribution in [3.8, 4) is 5.75 Å². The lowest BCUT2D eigenvalue weighted by atomic mass is 10.1. The molecule has 7 heteroatoms. The van der Waals surface area contributed by atoms with E-state index in [0.29, 0.717) is 6.54 Å². The fourth-order valence-electron chi connectivity index (χ4n) is 3.53. The number of β-amino-alcohol motifs (C(OH)–C–C–N with tert-alkyl or cyclic N) is 1. The van der Waals surface area contributed by atoms with Gasteiger partial charge in [-0.3, -0.25) is 14.5 Å². The van der Waals surface area contributed by atoms with Gasteiger partial charge in [-0.25, -0.2) is 0 Å². The number of aliphatic hydroxyl groups excluding tert-OH is 1. The third-order valence-corrected chi connectivity index (χ3v) is 5.77. The maximum absolute atomic E-state index is 12.3. The summed E-state index contributed by atoms with van der Waals surface area (Å²) in [4.78, 5) is 28.9. The minimum absolute atomic E-state index is 0.160. The topological polar surface area (TPSA) is 81.1 Å². The van der Waals surface area contributed by atoms with Crippen molar-refractivity contribution in [1.29, 1.82) is 0 Å². The quantitative estimate of drug-likeness (QED) is 0.406. The molecule has 0 unspecified atom stereocenters. The van der Waals surface area contributed by atoms with E-state index in [1.807, 2.05) is 18.2 Å². The predicted molar refractivity (Wildman–Crippen MR) is 131 cm³/mol. The van der Waals surface area contributed by atoms with Crippen LogP contribution in [0.4, 0.5) is 5.69 Å². The number of aromatic hydroxyl groups is 1. The monoisotopic (exact) mass is 498 g/mol. The van der Waals surface area contributed by atoms with Crippen molar-refractivity contribution < 1.29 is 19.8 Å². The minimum atomic E-state index is -0.274. The van der Waals surface area contributed by atoms with Gasteiger partial charge in [-0.15, -0.1) is 0 Å². The Labute approximate surface area is 196 Å². The van der Waals surface area contributed by atoms with Crippen LogP contribution in [-0.2, 0) is 9.59 Å². The molecule has 6 nitrogen and oxygen atoms in total. The average molecular weight is 499 g/mol. The first kappa shape index (κ1) is 23.9. The van der Waals surface area contributed by atoms with Crippen molar-refractivity contribution in [3.63, 3.8) is 0 Å². The highest BCUT2D eigenvalue weighted by atomic mass is 79.9. The van der Waals surface area contributed by atoms with Gasteiger partial charge in [0, 0.05) is 42.9 Å². The number of carbonyl (C=O) groups excluding carboxylic acids is 2. The Balaban J connectivity index is 1.61. The second-order valence-corrected chi connectivity index (χ2v) is 8.54. The van der Waals surface area contributed by atoms with Crippen LogP contribution in [0.3, 0.4) is 0 Å². The highest BCUT2D eigenvalue weighted by Gasteiger charge is 2.18. The number of aliphatic hydroxyl groups is 1. The van der Waals surface area contributed by atoms with Gasteiger partial charge in [0.1, 0.15) is 5.75 Å². The molecule has 0 aromatic heterocycles. The van der Waals surface area contributed by atoms with Crippen LogP contribution >= 0.6 is 15.9 Å². The van der Waals surface area contributed by atoms with Crippen LogP contribution in [0.25, 0.3) is 12.2 Å². The van der Waals surface area contributed by atoms with Crippen LogP contribution in [-0.4, -0.2) is 66.0 Å². The van der Waals surface area contributed by atoms with Gasteiger partial charge >= 0.3 is 0 Å². The molecule has 2 N–H and O–H groups in total. The number of piperazine rings is 1. The lowest BCUT2D eigenvalue weighted by Crippen LogP contribution is -2.47. The number of rotatable bonds is 9. The molecule has 3 rings (SSSR count). The lowest BCUT2D eigenvalue weighted by molar-refractivity contribution is -0.121. The van der Waals surface area contributed by atoms with E-state index in [0.717, 1.165) is 47.5 Å². The zero-order chi connectivity index (χ0) is 22.9. The second-order valence-electron chi connectivity index (χ2n) is 7.62. The molecule has 2 aromatic rings. The molecular weight excluding hydrogens is 472 g/mol. The zero-order valence-electron chi connectivity index (χ0n) is 17.8. The van der Waals surface area contributed by atoms with E-state index in [9.17, 15) is 14.7 Å². The number of hydrogen-bond acceptors (Lipinski definition) is 6. The standard InChI is InChI=1S/C25H27BrN2O4/c26-21-6-4-20(25(17-21)28-13-11-27(12-14-28)15-16-29)5-10-24(32)18-23(31)9-3-19-1-7-22(30)8-2-19/h1-10,17,29-30H,11-16,18H2. The Morgan fingerprint density at radius 1 is 0.938 bits per heavy atom. The summed E-state index contributed by atoms with van der Waals surface area (Å²) in [6, 6.07) is 12.4. The Kier molecular flexibility index (Phi) is 8.79. The molecule has 0 aliphatic carbocycles. The van der Waals surface area contributed by atoms with Gasteiger partial charge in [-0.1, -0.05) is 40.2 Å². The molecular formula is C25H27BrN2O4. The Bertz CT molecular complexity index is 994. The molecule has 32 heavy (non-hydrogen) atoms. The largest absolute Gasteiger partial charge is 0.508 e. The third-order valence-electron chi connectivity index (χ3n) is 5.27. The number of carbonyl (C=O) groups is 2. The normalized spacial score (nSPS) is 15.0. The van der Waals surface area contributed by atoms with Gasteiger partial charge in [0.25, 0.3) is 0 Å². The molecule has 1 aliphatic heterocycles. The number of ketones is 2. The van der Waals surface area contributed by atoms with Crippen molar-refractivity contribution >= 4 is 45.3 Å². The molecule has 1 aliphatic rings. The summed E-state index contributed by atoms with van der Waals surface area (Å²) in [6.07, 6.45) is 6.04. The maximum Gasteiger partial charge on any atom is 0.163 e. The fraction of sp³-hybridized carbons (Fsp3) is 0.280. The number of hydrogen-bond donors (Lipinski definition) is 2. The molecule has 0 spiro atoms. The summed E-state index contributed by atoms with van der Waals surface area (Å²) in [5.74, 6) is -0.371. The SMILES string of the molecule is O=C(C=Cc1ccc(O)cc1)CC(=O)C=Cc1ccc(Br)cc1N1CCN(CCO)CC1. The first-order valence-corrected chi connectivity index (χ1v) is 11.3. The summed E-state index contributed by atoms with van der Waals surface area (Å²) in [5.41, 5.74) is 2.73. The summed E-state index contributed by atoms with van der Waals surface area (Å²) in [5, 5.41) is 18.4. The average Bonchev–Trinajstić information content (AvgIpc) is 2.78. The minimum Gasteiger partial charge on any atom is -0.508 e. The van der Waals surface area contributed by atoms with Crippen molar-refractivity contribution in [3.05, 3.63) is 70.2 Å². The van der Waals surface area contributed by atoms with Gasteiger partial charge in [-0.05, 0) is 53.6 Å². The van der Waals surface area contributed by atoms with Crippen LogP contribution in [0.1, 0.15) is 17.5 Å². The van der Waals surface area contributed by atoms with Crippen molar-refractivity contribution in [1.82, 2.24) is 4.90 Å². The number of phenolic OH excluding ortho intramolecular Hbond substituents is 1. The third kappa shape index (κ3) is 7.15. The molecule has 1 saturated heterocycles. The number of phenols is 1. The van der Waals surface area contributed by atoms with Crippen molar-refractivity contribution in [2.75, 3.05) is 44.2 Å². The van der Waals surface area contributed by atoms with E-state index in [1.54, 1.807) is 36.4 Å². The number of benzene rings is 2. The number of allylic oxidation sites excluding steroid dienone is 2. The lowest BCUT2D eigenvalue weighted by Gasteiger charge is -2.36. The number of anilines is 1. The van der Waals surface area contributed by atoms with Crippen LogP contribution in [0, 0.1) is 0 Å². The first-order chi connectivity index (χ1) is 15.4. The van der Waals surface area contributed by atoms with Gasteiger partial charge in [0.15, 0.2) is 11.6 Å². The Morgan fingerprint density at radius 3 is 2.25 bits per heavy atom. The summed E-state index contributed by atoms with van der Waals surface area (Å²) in [6.45, 7) is 4.27. The molecule has 0 atom stereocenters. The molecule has 1 heterocycles. The van der Waals surface area contributed by atoms with Gasteiger partial charge in [-0.2, -0.15) is 0 Å². The molecule has 0 saturated carbocycles. The van der Waals surface area contributed by atoms with E-state index in [4.69, 9.17) is 5.11 Å². The number of nitrogens with zero attached hydrogens (tertiary/aromatic N) is 2. The van der Waals surface area contributed by atoms with E-state index in [1.165, 1.54) is 12.2 Å². The van der Waals surface area contributed by atoms with Crippen LogP contribution in [0.15, 0.2) is 59.1 Å². The van der Waals surface area contributed by atoms with Crippen LogP contribution in [0.5, 0.6) is 5.75 Å². The molecule has 0 radical (unpaired) electrons. The van der Waals surface area contributed by atoms with Gasteiger partial charge < -0.3 is 15.1 Å². The fourth-order valence-corrected chi connectivity index (χ4v) is 3.88. The van der Waals surface area contributed by atoms with E-state index in [-0.39, 0.29) is 30.3 Å². The summed E-state index contributed by atoms with van der Waals surface area (Å²) in [7, 11) is 0. The van der Waals surface area contributed by atoms with E-state index >= 15 is 0 Å². The maximum atomic E-state index is 12.3. The molecule has 1 fully saturated rings. The Hall–Kier alpha value is -2.74.